The van der Waals surface area contributed by atoms with E-state index in [4.69, 9.17) is 12.2 Å². The molecule has 0 aliphatic carbocycles. The molecule has 6 rings (SSSR count). The minimum atomic E-state index is -0.409. The molecule has 1 aliphatic heterocycles. The first-order chi connectivity index (χ1) is 15.5. The summed E-state index contributed by atoms with van der Waals surface area (Å²) in [5.41, 5.74) is 4.94. The molecule has 5 nitrogen and oxygen atoms in total. The van der Waals surface area contributed by atoms with Crippen LogP contribution in [0.15, 0.2) is 72.8 Å². The summed E-state index contributed by atoms with van der Waals surface area (Å²) in [5, 5.41) is 22.5. The third-order valence-electron chi connectivity index (χ3n) is 6.13. The van der Waals surface area contributed by atoms with Crippen LogP contribution < -0.4 is 0 Å². The van der Waals surface area contributed by atoms with Gasteiger partial charge in [-0.05, 0) is 59.7 Å². The Bertz CT molecular complexity index is 1580. The van der Waals surface area contributed by atoms with Gasteiger partial charge in [-0.3, -0.25) is 4.57 Å². The summed E-state index contributed by atoms with van der Waals surface area (Å²) in [6.07, 6.45) is 0.465. The molecule has 0 spiro atoms. The maximum absolute atomic E-state index is 14.0. The summed E-state index contributed by atoms with van der Waals surface area (Å²) in [5.74, 6) is -0.275. The van der Waals surface area contributed by atoms with Crippen molar-refractivity contribution >= 4 is 23.1 Å². The molecule has 7 heteroatoms. The Hall–Kier alpha value is -3.84. The number of nitrogens with one attached hydrogen (secondary N) is 1. The van der Waals surface area contributed by atoms with Crippen molar-refractivity contribution in [1.82, 2.24) is 14.1 Å². The predicted molar refractivity (Wildman–Crippen MR) is 123 cm³/mol. The first kappa shape index (κ1) is 18.9. The molecule has 2 aromatic heterocycles. The normalized spacial score (nSPS) is 15.0. The highest BCUT2D eigenvalue weighted by atomic mass is 32.1. The van der Waals surface area contributed by atoms with E-state index in [1.54, 1.807) is 30.3 Å². The van der Waals surface area contributed by atoms with Crippen LogP contribution in [0.4, 0.5) is 4.39 Å². The van der Waals surface area contributed by atoms with Crippen LogP contribution in [0.1, 0.15) is 28.6 Å². The number of phenols is 1. The lowest BCUT2D eigenvalue weighted by atomic mass is 9.93. The fraction of sp³-hybridized carbons (Fsp3) is 0.0800. The number of benzene rings is 3. The second-order valence-corrected chi connectivity index (χ2v) is 8.34. The van der Waals surface area contributed by atoms with Gasteiger partial charge in [0.05, 0.1) is 11.4 Å². The van der Waals surface area contributed by atoms with Gasteiger partial charge in [-0.2, -0.15) is 0 Å². The van der Waals surface area contributed by atoms with Gasteiger partial charge in [0.1, 0.15) is 17.6 Å². The maximum atomic E-state index is 14.0. The summed E-state index contributed by atoms with van der Waals surface area (Å²) in [7, 11) is 0. The number of hydrogen-bond acceptors (Lipinski definition) is 3. The van der Waals surface area contributed by atoms with Crippen LogP contribution >= 0.6 is 12.2 Å². The van der Waals surface area contributed by atoms with E-state index in [2.05, 4.69) is 11.1 Å². The predicted octanol–water partition coefficient (Wildman–Crippen LogP) is 5.58. The van der Waals surface area contributed by atoms with Crippen molar-refractivity contribution in [2.75, 3.05) is 0 Å². The molecule has 1 atom stereocenters. The standard InChI is InChI=1S/C25H18FN3O2S/c26-15-6-4-7-16(12-15)28-24(31)21-13-19-18-9-1-2-10-20(18)27-22(19)23(29(21)25(28)32)14-5-3-8-17(30)11-14/h1-12,23,27,30-31H,13H2. The lowest BCUT2D eigenvalue weighted by molar-refractivity contribution is 0.433. The summed E-state index contributed by atoms with van der Waals surface area (Å²) >= 11 is 5.81. The Morgan fingerprint density at radius 1 is 0.969 bits per heavy atom. The summed E-state index contributed by atoms with van der Waals surface area (Å²) < 4.78 is 17.7. The van der Waals surface area contributed by atoms with E-state index < -0.39 is 5.82 Å². The monoisotopic (exact) mass is 443 g/mol. The quantitative estimate of drug-likeness (QED) is 0.306. The maximum Gasteiger partial charge on any atom is 0.218 e. The molecule has 0 saturated carbocycles. The van der Waals surface area contributed by atoms with E-state index in [1.165, 1.54) is 16.7 Å². The van der Waals surface area contributed by atoms with Gasteiger partial charge in [0, 0.05) is 23.0 Å². The van der Waals surface area contributed by atoms with Crippen LogP contribution in [-0.2, 0) is 6.42 Å². The zero-order valence-corrected chi connectivity index (χ0v) is 17.6. The van der Waals surface area contributed by atoms with Crippen molar-refractivity contribution in [3.8, 4) is 17.3 Å². The fourth-order valence-electron chi connectivity index (χ4n) is 4.78. The number of H-pyrrole nitrogens is 1. The number of hydrogen-bond donors (Lipinski definition) is 3. The third kappa shape index (κ3) is 2.64. The van der Waals surface area contributed by atoms with Crippen molar-refractivity contribution in [3.05, 3.63) is 106 Å². The number of rotatable bonds is 2. The second-order valence-electron chi connectivity index (χ2n) is 7.98. The average molecular weight is 444 g/mol. The number of aromatic hydroxyl groups is 2. The molecule has 3 aromatic carbocycles. The lowest BCUT2D eigenvalue weighted by Crippen LogP contribution is -2.21. The number of fused-ring (bicyclic) bond motifs is 4. The van der Waals surface area contributed by atoms with Crippen LogP contribution in [0.3, 0.4) is 0 Å². The van der Waals surface area contributed by atoms with E-state index in [-0.39, 0.29) is 17.7 Å². The molecular formula is C25H18FN3O2S. The molecule has 0 amide bonds. The van der Waals surface area contributed by atoms with Gasteiger partial charge >= 0.3 is 0 Å². The van der Waals surface area contributed by atoms with Crippen LogP contribution in [0.2, 0.25) is 0 Å². The summed E-state index contributed by atoms with van der Waals surface area (Å²) in [6.45, 7) is 0. The van der Waals surface area contributed by atoms with Crippen molar-refractivity contribution in [2.24, 2.45) is 0 Å². The first-order valence-corrected chi connectivity index (χ1v) is 10.6. The topological polar surface area (TPSA) is 66.1 Å². The molecule has 32 heavy (non-hydrogen) atoms. The Labute approximate surface area is 187 Å². The molecular weight excluding hydrogens is 425 g/mol. The molecule has 3 heterocycles. The minimum Gasteiger partial charge on any atom is -0.508 e. The second kappa shape index (κ2) is 6.83. The van der Waals surface area contributed by atoms with E-state index >= 15 is 0 Å². The van der Waals surface area contributed by atoms with Gasteiger partial charge < -0.3 is 19.8 Å². The average Bonchev–Trinajstić information content (AvgIpc) is 3.27. The van der Waals surface area contributed by atoms with Crippen molar-refractivity contribution in [2.45, 2.75) is 12.5 Å². The minimum absolute atomic E-state index is 0.0123. The van der Waals surface area contributed by atoms with E-state index in [0.29, 0.717) is 22.6 Å². The van der Waals surface area contributed by atoms with Gasteiger partial charge in [0.15, 0.2) is 4.77 Å². The Morgan fingerprint density at radius 2 is 1.78 bits per heavy atom. The van der Waals surface area contributed by atoms with Crippen molar-refractivity contribution in [3.63, 3.8) is 0 Å². The molecule has 0 radical (unpaired) electrons. The summed E-state index contributed by atoms with van der Waals surface area (Å²) in [6, 6.07) is 20.7. The third-order valence-corrected chi connectivity index (χ3v) is 6.51. The molecule has 5 aromatic rings. The van der Waals surface area contributed by atoms with Gasteiger partial charge in [-0.1, -0.05) is 36.4 Å². The Morgan fingerprint density at radius 3 is 2.59 bits per heavy atom. The SMILES string of the molecule is Oc1cccc(C2c3[nH]c4ccccc4c3Cc3c(O)n(-c4cccc(F)c4)c(=S)n32)c1. The van der Waals surface area contributed by atoms with Gasteiger partial charge in [-0.15, -0.1) is 0 Å². The van der Waals surface area contributed by atoms with Crippen molar-refractivity contribution < 1.29 is 14.6 Å². The highest BCUT2D eigenvalue weighted by molar-refractivity contribution is 7.71. The molecule has 1 aliphatic rings. The molecule has 0 bridgehead atoms. The number of halogens is 1. The fourth-order valence-corrected chi connectivity index (χ4v) is 5.19. The molecule has 0 fully saturated rings. The van der Waals surface area contributed by atoms with E-state index in [9.17, 15) is 14.6 Å². The Balaban J connectivity index is 1.68. The largest absolute Gasteiger partial charge is 0.508 e. The lowest BCUT2D eigenvalue weighted by Gasteiger charge is -2.26. The number of imidazole rings is 1. The summed E-state index contributed by atoms with van der Waals surface area (Å²) in [4.78, 5) is 3.53. The van der Waals surface area contributed by atoms with Gasteiger partial charge in [0.25, 0.3) is 0 Å². The van der Waals surface area contributed by atoms with Gasteiger partial charge in [-0.25, -0.2) is 4.39 Å². The van der Waals surface area contributed by atoms with Gasteiger partial charge in [0.2, 0.25) is 5.88 Å². The number of para-hydroxylation sites is 1. The van der Waals surface area contributed by atoms with Crippen LogP contribution in [0, 0.1) is 10.6 Å². The van der Waals surface area contributed by atoms with E-state index in [1.807, 2.05) is 28.8 Å². The molecule has 158 valence electrons. The number of aromatic nitrogens is 3. The smallest absolute Gasteiger partial charge is 0.218 e. The number of nitrogens with zero attached hydrogens (tertiary/aromatic N) is 2. The number of phenolic OH excluding ortho intramolecular Hbond substituents is 1. The zero-order valence-electron chi connectivity index (χ0n) is 16.8. The van der Waals surface area contributed by atoms with Crippen LogP contribution in [0.25, 0.3) is 16.6 Å². The zero-order chi connectivity index (χ0) is 22.0. The molecule has 0 saturated heterocycles. The first-order valence-electron chi connectivity index (χ1n) is 10.2. The van der Waals surface area contributed by atoms with Crippen molar-refractivity contribution in [1.29, 1.82) is 0 Å². The highest BCUT2D eigenvalue weighted by Crippen LogP contribution is 2.43. The van der Waals surface area contributed by atoms with Crippen LogP contribution in [0.5, 0.6) is 11.6 Å². The molecule has 3 N–H and O–H groups in total. The molecule has 1 unspecified atom stereocenters. The Kier molecular flexibility index (Phi) is 4.03. The van der Waals surface area contributed by atoms with E-state index in [0.717, 1.165) is 27.7 Å². The highest BCUT2D eigenvalue weighted by Gasteiger charge is 2.34. The van der Waals surface area contributed by atoms with Crippen LogP contribution in [-0.4, -0.2) is 24.3 Å². The number of aromatic amines is 1.